The number of ether oxygens (including phenoxy) is 1. The molecular weight excluding hydrogens is 516 g/mol. The van der Waals surface area contributed by atoms with Gasteiger partial charge in [-0.25, -0.2) is 4.99 Å². The molecule has 0 saturated heterocycles. The van der Waals surface area contributed by atoms with Crippen LogP contribution in [0.4, 0.5) is 5.69 Å². The molecule has 4 aromatic carbocycles. The lowest BCUT2D eigenvalue weighted by molar-refractivity contribution is -0.130. The van der Waals surface area contributed by atoms with Gasteiger partial charge in [-0.05, 0) is 42.8 Å². The minimum absolute atomic E-state index is 0.0559. The number of carbonyl (C=O) groups excluding carboxylic acids is 3. The topological polar surface area (TPSA) is 100 Å². The summed E-state index contributed by atoms with van der Waals surface area (Å²) in [7, 11) is 1.66. The van der Waals surface area contributed by atoms with Crippen molar-refractivity contribution in [1.82, 2.24) is 10.6 Å². The summed E-state index contributed by atoms with van der Waals surface area (Å²) in [5.41, 5.74) is 3.63. The molecule has 0 fully saturated rings. The first-order valence-corrected chi connectivity index (χ1v) is 13.3. The van der Waals surface area contributed by atoms with Gasteiger partial charge < -0.3 is 20.3 Å². The van der Waals surface area contributed by atoms with Gasteiger partial charge in [0.25, 0.3) is 5.91 Å². The number of benzene rings is 4. The van der Waals surface area contributed by atoms with Crippen molar-refractivity contribution >= 4 is 29.1 Å². The van der Waals surface area contributed by atoms with Gasteiger partial charge in [-0.15, -0.1) is 0 Å². The van der Waals surface area contributed by atoms with Gasteiger partial charge in [0.2, 0.25) is 18.0 Å². The van der Waals surface area contributed by atoms with Crippen molar-refractivity contribution in [2.24, 2.45) is 4.99 Å². The van der Waals surface area contributed by atoms with E-state index in [1.807, 2.05) is 103 Å². The number of anilines is 1. The Morgan fingerprint density at radius 3 is 2.29 bits per heavy atom. The van der Waals surface area contributed by atoms with Crippen LogP contribution in [-0.2, 0) is 20.8 Å². The fourth-order valence-corrected chi connectivity index (χ4v) is 4.59. The second-order valence-corrected chi connectivity index (χ2v) is 9.70. The maximum absolute atomic E-state index is 13.4. The summed E-state index contributed by atoms with van der Waals surface area (Å²) in [6, 6.07) is 32.7. The van der Waals surface area contributed by atoms with Crippen LogP contribution in [0.25, 0.3) is 0 Å². The van der Waals surface area contributed by atoms with E-state index in [4.69, 9.17) is 9.73 Å². The highest BCUT2D eigenvalue weighted by atomic mass is 16.5. The Hall–Kier alpha value is -5.24. The summed E-state index contributed by atoms with van der Waals surface area (Å²) in [4.78, 5) is 45.5. The van der Waals surface area contributed by atoms with Gasteiger partial charge in [0, 0.05) is 18.2 Å². The SMILES string of the molecule is C[C@H](NC(=O)Cc1cccc(Oc2ccccc2)c1)C(=O)NC1N=C(c2ccccc2)c2ccccc2N(C)C1=O. The van der Waals surface area contributed by atoms with Crippen molar-refractivity contribution in [1.29, 1.82) is 0 Å². The lowest BCUT2D eigenvalue weighted by atomic mass is 10.0. The van der Waals surface area contributed by atoms with Crippen LogP contribution in [0.1, 0.15) is 23.6 Å². The molecule has 1 heterocycles. The lowest BCUT2D eigenvalue weighted by Gasteiger charge is -2.22. The van der Waals surface area contributed by atoms with E-state index in [9.17, 15) is 14.4 Å². The van der Waals surface area contributed by atoms with Crippen molar-refractivity contribution in [3.05, 3.63) is 126 Å². The number of likely N-dealkylation sites (N-methyl/N-ethyl adjacent to an activating group) is 1. The molecule has 3 amide bonds. The molecular formula is C33H30N4O4. The fourth-order valence-electron chi connectivity index (χ4n) is 4.59. The molecule has 0 radical (unpaired) electrons. The number of fused-ring (bicyclic) bond motifs is 1. The minimum atomic E-state index is -1.17. The normalized spacial score (nSPS) is 15.2. The molecule has 2 N–H and O–H groups in total. The van der Waals surface area contributed by atoms with E-state index in [0.717, 1.165) is 16.7 Å². The van der Waals surface area contributed by atoms with E-state index in [1.165, 1.54) is 4.90 Å². The van der Waals surface area contributed by atoms with E-state index in [2.05, 4.69) is 10.6 Å². The second-order valence-electron chi connectivity index (χ2n) is 9.70. The van der Waals surface area contributed by atoms with Crippen molar-refractivity contribution < 1.29 is 19.1 Å². The highest BCUT2D eigenvalue weighted by Gasteiger charge is 2.32. The summed E-state index contributed by atoms with van der Waals surface area (Å²) in [6.45, 7) is 1.57. The van der Waals surface area contributed by atoms with Crippen LogP contribution in [0.2, 0.25) is 0 Å². The van der Waals surface area contributed by atoms with Gasteiger partial charge in [-0.3, -0.25) is 14.4 Å². The second kappa shape index (κ2) is 12.3. The van der Waals surface area contributed by atoms with Gasteiger partial charge in [0.1, 0.15) is 17.5 Å². The van der Waals surface area contributed by atoms with Crippen molar-refractivity contribution in [3.63, 3.8) is 0 Å². The van der Waals surface area contributed by atoms with Crippen LogP contribution in [0.3, 0.4) is 0 Å². The Morgan fingerprint density at radius 1 is 0.878 bits per heavy atom. The van der Waals surface area contributed by atoms with Crippen LogP contribution < -0.4 is 20.3 Å². The predicted molar refractivity (Wildman–Crippen MR) is 158 cm³/mol. The molecule has 1 unspecified atom stereocenters. The minimum Gasteiger partial charge on any atom is -0.457 e. The van der Waals surface area contributed by atoms with Gasteiger partial charge in [0.05, 0.1) is 17.8 Å². The van der Waals surface area contributed by atoms with Gasteiger partial charge in [-0.1, -0.05) is 78.9 Å². The molecule has 41 heavy (non-hydrogen) atoms. The van der Waals surface area contributed by atoms with Crippen LogP contribution in [0, 0.1) is 0 Å². The molecule has 8 nitrogen and oxygen atoms in total. The molecule has 0 spiro atoms. The largest absolute Gasteiger partial charge is 0.457 e. The Kier molecular flexibility index (Phi) is 8.20. The van der Waals surface area contributed by atoms with Crippen molar-refractivity contribution in [2.45, 2.75) is 25.6 Å². The highest BCUT2D eigenvalue weighted by molar-refractivity contribution is 6.20. The molecule has 0 saturated carbocycles. The zero-order chi connectivity index (χ0) is 28.8. The first-order chi connectivity index (χ1) is 19.9. The van der Waals surface area contributed by atoms with E-state index >= 15 is 0 Å². The number of hydrogen-bond donors (Lipinski definition) is 2. The molecule has 1 aliphatic rings. The molecule has 0 aliphatic carbocycles. The quantitative estimate of drug-likeness (QED) is 0.340. The van der Waals surface area contributed by atoms with E-state index in [-0.39, 0.29) is 18.2 Å². The highest BCUT2D eigenvalue weighted by Crippen LogP contribution is 2.27. The third-order valence-electron chi connectivity index (χ3n) is 6.68. The smallest absolute Gasteiger partial charge is 0.272 e. The molecule has 8 heteroatoms. The van der Waals surface area contributed by atoms with E-state index in [0.29, 0.717) is 22.9 Å². The number of carbonyl (C=O) groups is 3. The number of hydrogen-bond acceptors (Lipinski definition) is 5. The zero-order valence-corrected chi connectivity index (χ0v) is 22.8. The Labute approximate surface area is 238 Å². The molecule has 0 bridgehead atoms. The first-order valence-electron chi connectivity index (χ1n) is 13.3. The van der Waals surface area contributed by atoms with Crippen LogP contribution in [0.15, 0.2) is 114 Å². The number of aliphatic imine (C=N–C) groups is 1. The number of nitrogens with zero attached hydrogens (tertiary/aromatic N) is 2. The van der Waals surface area contributed by atoms with Crippen LogP contribution >= 0.6 is 0 Å². The monoisotopic (exact) mass is 546 g/mol. The fraction of sp³-hybridized carbons (Fsp3) is 0.152. The number of para-hydroxylation sites is 2. The molecule has 5 rings (SSSR count). The maximum Gasteiger partial charge on any atom is 0.272 e. The predicted octanol–water partition coefficient (Wildman–Crippen LogP) is 4.48. The molecule has 2 atom stereocenters. The first kappa shape index (κ1) is 27.3. The molecule has 4 aromatic rings. The number of benzodiazepines with no additional fused rings is 1. The molecule has 0 aromatic heterocycles. The third kappa shape index (κ3) is 6.50. The number of rotatable bonds is 8. The summed E-state index contributed by atoms with van der Waals surface area (Å²) in [6.07, 6.45) is -1.11. The van der Waals surface area contributed by atoms with Crippen molar-refractivity contribution in [2.75, 3.05) is 11.9 Å². The van der Waals surface area contributed by atoms with Gasteiger partial charge in [0.15, 0.2) is 0 Å². The van der Waals surface area contributed by atoms with E-state index < -0.39 is 18.1 Å². The average molecular weight is 547 g/mol. The summed E-state index contributed by atoms with van der Waals surface area (Å²) in [5.74, 6) is 0.0595. The van der Waals surface area contributed by atoms with Crippen LogP contribution in [0.5, 0.6) is 11.5 Å². The Morgan fingerprint density at radius 2 is 1.54 bits per heavy atom. The Balaban J connectivity index is 1.27. The Bertz CT molecular complexity index is 1590. The van der Waals surface area contributed by atoms with E-state index in [1.54, 1.807) is 20.0 Å². The average Bonchev–Trinajstić information content (AvgIpc) is 3.09. The van der Waals surface area contributed by atoms with Gasteiger partial charge in [-0.2, -0.15) is 0 Å². The molecule has 1 aliphatic heterocycles. The summed E-state index contributed by atoms with van der Waals surface area (Å²) >= 11 is 0. The number of nitrogens with one attached hydrogen (secondary N) is 2. The number of amides is 3. The zero-order valence-electron chi connectivity index (χ0n) is 22.8. The lowest BCUT2D eigenvalue weighted by Crippen LogP contribution is -2.52. The third-order valence-corrected chi connectivity index (χ3v) is 6.68. The summed E-state index contributed by atoms with van der Waals surface area (Å²) in [5, 5.41) is 5.45. The van der Waals surface area contributed by atoms with Gasteiger partial charge >= 0.3 is 0 Å². The van der Waals surface area contributed by atoms with Crippen LogP contribution in [-0.4, -0.2) is 42.7 Å². The maximum atomic E-state index is 13.4. The molecule has 206 valence electrons. The standard InChI is InChI=1S/C33H30N4O4/c1-22(34-29(38)21-23-12-11-17-26(20-23)41-25-15-7-4-8-16-25)32(39)36-31-33(40)37(2)28-19-10-9-18-27(28)30(35-31)24-13-5-3-6-14-24/h3-20,22,31H,21H2,1-2H3,(H,34,38)(H,36,39)/t22-,31?/m0/s1. The summed E-state index contributed by atoms with van der Waals surface area (Å²) < 4.78 is 5.85. The van der Waals surface area contributed by atoms with Crippen molar-refractivity contribution in [3.8, 4) is 11.5 Å².